The van der Waals surface area contributed by atoms with E-state index in [1.807, 2.05) is 26.0 Å². The van der Waals surface area contributed by atoms with Crippen molar-refractivity contribution in [2.24, 2.45) is 5.92 Å². The molecule has 0 aromatic rings. The van der Waals surface area contributed by atoms with Crippen molar-refractivity contribution in [3.63, 3.8) is 0 Å². The molecule has 0 amide bonds. The highest BCUT2D eigenvalue weighted by molar-refractivity contribution is 4.41. The normalized spacial score (nSPS) is 9.60. The molecule has 0 atom stereocenters. The minimum absolute atomic E-state index is 0.935. The van der Waals surface area contributed by atoms with Gasteiger partial charge in [-0.3, -0.25) is 0 Å². The summed E-state index contributed by atoms with van der Waals surface area (Å²) in [6, 6.07) is 0. The maximum Gasteiger partial charge on any atom is -0.0140 e. The zero-order chi connectivity index (χ0) is 8.57. The van der Waals surface area contributed by atoms with E-state index in [0.717, 1.165) is 5.92 Å². The van der Waals surface area contributed by atoms with E-state index in [-0.39, 0.29) is 0 Å². The zero-order valence-electron chi connectivity index (χ0n) is 8.44. The average Bonchev–Trinajstić information content (AvgIpc) is 1.85. The summed E-state index contributed by atoms with van der Waals surface area (Å²) in [5.74, 6) is 0.935. The van der Waals surface area contributed by atoms with Gasteiger partial charge in [-0.25, -0.2) is 0 Å². The standard InChI is InChI=1S/C6H14.C3H9N/c1-4-6(3)5-2;1-4(2)3/h6H,4-5H2,1-3H3;1-3H3. The highest BCUT2D eigenvalue weighted by Crippen LogP contribution is 2.02. The third-order valence-corrected chi connectivity index (χ3v) is 1.39. The Hall–Kier alpha value is -0.0400. The molecule has 0 spiro atoms. The Balaban J connectivity index is 0. The van der Waals surface area contributed by atoms with Crippen molar-refractivity contribution in [3.8, 4) is 0 Å². The molecule has 0 rings (SSSR count). The second-order valence-corrected chi connectivity index (χ2v) is 3.26. The highest BCUT2D eigenvalue weighted by Gasteiger charge is 1.88. The molecule has 0 N–H and O–H groups in total. The van der Waals surface area contributed by atoms with Crippen LogP contribution in [0.15, 0.2) is 0 Å². The van der Waals surface area contributed by atoms with E-state index in [4.69, 9.17) is 0 Å². The maximum atomic E-state index is 2.28. The Bertz CT molecular complexity index is 43.9. The Morgan fingerprint density at radius 2 is 1.20 bits per heavy atom. The van der Waals surface area contributed by atoms with E-state index >= 15 is 0 Å². The molecule has 0 radical (unpaired) electrons. The summed E-state index contributed by atoms with van der Waals surface area (Å²) in [5, 5.41) is 0. The van der Waals surface area contributed by atoms with E-state index < -0.39 is 0 Å². The molecule has 0 aliphatic carbocycles. The topological polar surface area (TPSA) is 3.24 Å². The molecular formula is C9H23N. The zero-order valence-corrected chi connectivity index (χ0v) is 8.44. The van der Waals surface area contributed by atoms with Crippen molar-refractivity contribution in [1.29, 1.82) is 0 Å². The quantitative estimate of drug-likeness (QED) is 0.577. The lowest BCUT2D eigenvalue weighted by Gasteiger charge is -1.98. The molecule has 0 saturated carbocycles. The largest absolute Gasteiger partial charge is 0.312 e. The number of hydrogen-bond donors (Lipinski definition) is 0. The monoisotopic (exact) mass is 145 g/mol. The van der Waals surface area contributed by atoms with E-state index in [1.54, 1.807) is 0 Å². The molecule has 0 aromatic carbocycles. The van der Waals surface area contributed by atoms with Crippen molar-refractivity contribution in [2.75, 3.05) is 21.1 Å². The summed E-state index contributed by atoms with van der Waals surface area (Å²) in [6.07, 6.45) is 2.66. The van der Waals surface area contributed by atoms with Crippen LogP contribution in [0.2, 0.25) is 0 Å². The van der Waals surface area contributed by atoms with Gasteiger partial charge in [-0.15, -0.1) is 0 Å². The van der Waals surface area contributed by atoms with Crippen LogP contribution in [0.5, 0.6) is 0 Å². The average molecular weight is 145 g/mol. The van der Waals surface area contributed by atoms with Gasteiger partial charge in [-0.05, 0) is 27.1 Å². The van der Waals surface area contributed by atoms with Gasteiger partial charge in [0.15, 0.2) is 0 Å². The van der Waals surface area contributed by atoms with Crippen LogP contribution < -0.4 is 0 Å². The fraction of sp³-hybridized carbons (Fsp3) is 1.00. The van der Waals surface area contributed by atoms with Gasteiger partial charge >= 0.3 is 0 Å². The summed E-state index contributed by atoms with van der Waals surface area (Å²) in [5.41, 5.74) is 0. The Kier molecular flexibility index (Phi) is 11.3. The summed E-state index contributed by atoms with van der Waals surface area (Å²) in [4.78, 5) is 2.00. The van der Waals surface area contributed by atoms with Gasteiger partial charge in [0.1, 0.15) is 0 Å². The lowest BCUT2D eigenvalue weighted by Crippen LogP contribution is -1.99. The molecule has 0 aromatic heterocycles. The third kappa shape index (κ3) is 24.6. The third-order valence-electron chi connectivity index (χ3n) is 1.39. The van der Waals surface area contributed by atoms with Gasteiger partial charge < -0.3 is 4.90 Å². The van der Waals surface area contributed by atoms with Crippen LogP contribution in [0.1, 0.15) is 33.6 Å². The van der Waals surface area contributed by atoms with Crippen LogP contribution in [0, 0.1) is 5.92 Å². The van der Waals surface area contributed by atoms with Crippen LogP contribution in [-0.2, 0) is 0 Å². The van der Waals surface area contributed by atoms with Crippen molar-refractivity contribution in [2.45, 2.75) is 33.6 Å². The molecule has 0 fully saturated rings. The molecular weight excluding hydrogens is 122 g/mol. The lowest BCUT2D eigenvalue weighted by atomic mass is 10.1. The minimum atomic E-state index is 0.935. The van der Waals surface area contributed by atoms with Crippen LogP contribution in [-0.4, -0.2) is 26.0 Å². The molecule has 0 unspecified atom stereocenters. The maximum absolute atomic E-state index is 2.28. The van der Waals surface area contributed by atoms with E-state index in [1.165, 1.54) is 12.8 Å². The van der Waals surface area contributed by atoms with Gasteiger partial charge in [-0.2, -0.15) is 0 Å². The van der Waals surface area contributed by atoms with Gasteiger partial charge in [0.25, 0.3) is 0 Å². The number of hydrogen-bond acceptors (Lipinski definition) is 1. The first-order valence-corrected chi connectivity index (χ1v) is 4.15. The molecule has 0 saturated heterocycles. The van der Waals surface area contributed by atoms with E-state index in [2.05, 4.69) is 20.8 Å². The van der Waals surface area contributed by atoms with Gasteiger partial charge in [0, 0.05) is 0 Å². The first-order chi connectivity index (χ1) is 4.54. The Morgan fingerprint density at radius 1 is 1.00 bits per heavy atom. The van der Waals surface area contributed by atoms with Gasteiger partial charge in [0.05, 0.1) is 0 Å². The van der Waals surface area contributed by atoms with Gasteiger partial charge in [-0.1, -0.05) is 33.6 Å². The van der Waals surface area contributed by atoms with Gasteiger partial charge in [0.2, 0.25) is 0 Å². The SMILES string of the molecule is CCC(C)CC.CN(C)C. The first kappa shape index (κ1) is 12.6. The number of nitrogens with zero attached hydrogens (tertiary/aromatic N) is 1. The van der Waals surface area contributed by atoms with Crippen LogP contribution >= 0.6 is 0 Å². The van der Waals surface area contributed by atoms with E-state index in [0.29, 0.717) is 0 Å². The van der Waals surface area contributed by atoms with Crippen LogP contribution in [0.3, 0.4) is 0 Å². The predicted octanol–water partition coefficient (Wildman–Crippen LogP) is 2.62. The number of rotatable bonds is 2. The minimum Gasteiger partial charge on any atom is -0.312 e. The first-order valence-electron chi connectivity index (χ1n) is 4.15. The van der Waals surface area contributed by atoms with Crippen LogP contribution in [0.4, 0.5) is 0 Å². The summed E-state index contributed by atoms with van der Waals surface area (Å²) >= 11 is 0. The molecule has 1 heteroatoms. The van der Waals surface area contributed by atoms with Crippen molar-refractivity contribution in [3.05, 3.63) is 0 Å². The predicted molar refractivity (Wildman–Crippen MR) is 49.4 cm³/mol. The Labute approximate surface area is 66.4 Å². The Morgan fingerprint density at radius 3 is 1.20 bits per heavy atom. The molecule has 10 heavy (non-hydrogen) atoms. The molecule has 0 heterocycles. The van der Waals surface area contributed by atoms with Crippen molar-refractivity contribution in [1.82, 2.24) is 4.90 Å². The fourth-order valence-corrected chi connectivity index (χ4v) is 0.289. The molecule has 64 valence electrons. The van der Waals surface area contributed by atoms with E-state index in [9.17, 15) is 0 Å². The lowest BCUT2D eigenvalue weighted by molar-refractivity contribution is 0.505. The molecule has 0 aliphatic rings. The highest BCUT2D eigenvalue weighted by atomic mass is 15.0. The fourth-order valence-electron chi connectivity index (χ4n) is 0.289. The summed E-state index contributed by atoms with van der Waals surface area (Å²) < 4.78 is 0. The summed E-state index contributed by atoms with van der Waals surface area (Å²) in [6.45, 7) is 6.74. The molecule has 0 aliphatic heterocycles. The summed E-state index contributed by atoms with van der Waals surface area (Å²) in [7, 11) is 6.00. The molecule has 0 bridgehead atoms. The smallest absolute Gasteiger partial charge is 0.0140 e. The van der Waals surface area contributed by atoms with Crippen LogP contribution in [0.25, 0.3) is 0 Å². The van der Waals surface area contributed by atoms with Crippen molar-refractivity contribution < 1.29 is 0 Å². The second kappa shape index (κ2) is 8.96. The van der Waals surface area contributed by atoms with Crippen molar-refractivity contribution >= 4 is 0 Å². The molecule has 1 nitrogen and oxygen atoms in total. The second-order valence-electron chi connectivity index (χ2n) is 3.26.